The number of nitrogens with one attached hydrogen (secondary N) is 1. The van der Waals surface area contributed by atoms with Gasteiger partial charge in [-0.15, -0.1) is 11.3 Å². The summed E-state index contributed by atoms with van der Waals surface area (Å²) in [5.41, 5.74) is 3.54. The molecule has 11 nitrogen and oxygen atoms in total. The number of aromatic nitrogens is 2. The molecule has 3 aromatic carbocycles. The first kappa shape index (κ1) is 37.1. The molecule has 2 amide bonds. The number of hydrogen-bond acceptors (Lipinski definition) is 10. The third-order valence-electron chi connectivity index (χ3n) is 8.63. The molecule has 2 aromatic heterocycles. The van der Waals surface area contributed by atoms with Crippen LogP contribution in [-0.2, 0) is 29.0 Å². The third-order valence-corrected chi connectivity index (χ3v) is 10.8. The van der Waals surface area contributed by atoms with Crippen molar-refractivity contribution in [3.8, 4) is 17.6 Å². The number of aldehydes is 1. The van der Waals surface area contributed by atoms with E-state index in [-0.39, 0.29) is 42.8 Å². The minimum absolute atomic E-state index is 0.0154. The number of carboxylic acids is 1. The van der Waals surface area contributed by atoms with Crippen molar-refractivity contribution in [1.82, 2.24) is 14.9 Å². The van der Waals surface area contributed by atoms with E-state index in [2.05, 4.69) is 27.1 Å². The van der Waals surface area contributed by atoms with Crippen LogP contribution in [0.15, 0.2) is 60.7 Å². The minimum atomic E-state index is -1.14. The standard InChI is InChI=1S/C39H36FN5O6S2/c1-44(33(47)18-4-5-22-46)20-8-12-26-11-7-14-29(40)35(26)51-23-9-17-32-34(37(49)50)42-39(53-32)45-21-19-25-10-6-13-27(28(25)24-45)36(48)43-38-41-30-15-2-3-16-31(30)52-38/h2-3,6-7,10-11,13-16,22H,4-5,9,17-21,23-24H2,1H3,(H,49,50)(H,41,43,48). The van der Waals surface area contributed by atoms with Crippen LogP contribution in [0, 0.1) is 17.7 Å². The maximum absolute atomic E-state index is 14.8. The number of benzene rings is 3. The highest BCUT2D eigenvalue weighted by molar-refractivity contribution is 7.22. The fourth-order valence-electron chi connectivity index (χ4n) is 5.89. The molecule has 0 fully saturated rings. The van der Waals surface area contributed by atoms with Crippen molar-refractivity contribution in [1.29, 1.82) is 0 Å². The predicted molar refractivity (Wildman–Crippen MR) is 202 cm³/mol. The van der Waals surface area contributed by atoms with Crippen molar-refractivity contribution in [2.45, 2.75) is 45.1 Å². The number of rotatable bonds is 14. The van der Waals surface area contributed by atoms with Gasteiger partial charge in [0.2, 0.25) is 5.91 Å². The van der Waals surface area contributed by atoms with Gasteiger partial charge in [0.15, 0.2) is 27.5 Å². The first-order valence-corrected chi connectivity index (χ1v) is 18.7. The number of anilines is 2. The van der Waals surface area contributed by atoms with Crippen LogP contribution < -0.4 is 15.0 Å². The molecule has 0 unspecified atom stereocenters. The van der Waals surface area contributed by atoms with Crippen LogP contribution in [0.5, 0.6) is 5.75 Å². The van der Waals surface area contributed by atoms with Gasteiger partial charge in [-0.05, 0) is 67.1 Å². The normalized spacial score (nSPS) is 12.1. The Hall–Kier alpha value is -5.65. The highest BCUT2D eigenvalue weighted by atomic mass is 32.1. The van der Waals surface area contributed by atoms with E-state index < -0.39 is 11.8 Å². The summed E-state index contributed by atoms with van der Waals surface area (Å²) >= 11 is 2.69. The summed E-state index contributed by atoms with van der Waals surface area (Å²) in [5.74, 6) is 3.62. The van der Waals surface area contributed by atoms with Gasteiger partial charge in [-0.2, -0.15) is 0 Å². The molecule has 0 aliphatic carbocycles. The highest BCUT2D eigenvalue weighted by Crippen LogP contribution is 2.33. The smallest absolute Gasteiger partial charge is 0.355 e. The van der Waals surface area contributed by atoms with E-state index in [9.17, 15) is 28.7 Å². The van der Waals surface area contributed by atoms with Crippen LogP contribution in [0.3, 0.4) is 0 Å². The van der Waals surface area contributed by atoms with Crippen LogP contribution in [0.1, 0.15) is 68.1 Å². The lowest BCUT2D eigenvalue weighted by Gasteiger charge is -2.29. The van der Waals surface area contributed by atoms with Crippen molar-refractivity contribution in [3.05, 3.63) is 99.3 Å². The SMILES string of the molecule is CN(CC#Cc1cccc(F)c1OCCCc1sc(N2CCc3cccc(C(=O)Nc4nc5ccccc5s4)c3C2)nc1C(=O)O)C(=O)CCCC=O. The number of hydrogen-bond donors (Lipinski definition) is 2. The summed E-state index contributed by atoms with van der Waals surface area (Å²) in [4.78, 5) is 61.4. The van der Waals surface area contributed by atoms with E-state index in [0.29, 0.717) is 71.5 Å². The lowest BCUT2D eigenvalue weighted by Crippen LogP contribution is -2.32. The number of nitrogens with zero attached hydrogens (tertiary/aromatic N) is 4. The van der Waals surface area contributed by atoms with Crippen LogP contribution in [0.2, 0.25) is 0 Å². The van der Waals surface area contributed by atoms with Crippen LogP contribution in [0.25, 0.3) is 10.2 Å². The van der Waals surface area contributed by atoms with Crippen molar-refractivity contribution < 1.29 is 33.4 Å². The number of carbonyl (C=O) groups is 4. The van der Waals surface area contributed by atoms with Crippen molar-refractivity contribution in [2.24, 2.45) is 0 Å². The molecule has 2 N–H and O–H groups in total. The summed E-state index contributed by atoms with van der Waals surface area (Å²) in [6.07, 6.45) is 3.20. The molecular weight excluding hydrogens is 718 g/mol. The molecular formula is C39H36FN5O6S2. The third kappa shape index (κ3) is 9.05. The zero-order chi connectivity index (χ0) is 37.3. The maximum atomic E-state index is 14.8. The molecule has 1 aliphatic heterocycles. The van der Waals surface area contributed by atoms with Crippen LogP contribution >= 0.6 is 22.7 Å². The second kappa shape index (κ2) is 17.2. The van der Waals surface area contributed by atoms with Gasteiger partial charge in [-0.1, -0.05) is 53.5 Å². The highest BCUT2D eigenvalue weighted by Gasteiger charge is 2.27. The number of ether oxygens (including phenoxy) is 1. The molecule has 1 aliphatic rings. The number of aryl methyl sites for hydroxylation is 1. The molecule has 3 heterocycles. The van der Waals surface area contributed by atoms with E-state index in [1.54, 1.807) is 19.2 Å². The van der Waals surface area contributed by atoms with E-state index >= 15 is 0 Å². The van der Waals surface area contributed by atoms with Gasteiger partial charge in [0, 0.05) is 43.4 Å². The summed E-state index contributed by atoms with van der Waals surface area (Å²) in [5, 5.41) is 14.0. The van der Waals surface area contributed by atoms with Gasteiger partial charge in [0.1, 0.15) is 6.29 Å². The van der Waals surface area contributed by atoms with Crippen LogP contribution in [-0.4, -0.2) is 70.8 Å². The van der Waals surface area contributed by atoms with E-state index in [1.165, 1.54) is 39.7 Å². The number of thiazole rings is 2. The number of unbranched alkanes of at least 4 members (excludes halogenated alkanes) is 1. The molecule has 0 spiro atoms. The van der Waals surface area contributed by atoms with Crippen molar-refractivity contribution in [2.75, 3.05) is 37.0 Å². The average Bonchev–Trinajstić information content (AvgIpc) is 3.78. The quantitative estimate of drug-likeness (QED) is 0.0730. The second-order valence-electron chi connectivity index (χ2n) is 12.3. The van der Waals surface area contributed by atoms with Gasteiger partial charge >= 0.3 is 5.97 Å². The van der Waals surface area contributed by atoms with Crippen molar-refractivity contribution in [3.63, 3.8) is 0 Å². The van der Waals surface area contributed by atoms with E-state index in [1.807, 2.05) is 41.3 Å². The van der Waals surface area contributed by atoms with Crippen molar-refractivity contribution >= 4 is 67.2 Å². The molecule has 14 heteroatoms. The summed E-state index contributed by atoms with van der Waals surface area (Å²) in [6.45, 7) is 1.21. The molecule has 6 rings (SSSR count). The molecule has 0 atom stereocenters. The fraction of sp³-hybridized carbons (Fsp3) is 0.282. The topological polar surface area (TPSA) is 142 Å². The Labute approximate surface area is 313 Å². The van der Waals surface area contributed by atoms with Gasteiger partial charge in [0.05, 0.1) is 28.9 Å². The Morgan fingerprint density at radius 3 is 2.72 bits per heavy atom. The van der Waals surface area contributed by atoms with Gasteiger partial charge in [0.25, 0.3) is 5.91 Å². The number of aromatic carboxylic acids is 1. The second-order valence-corrected chi connectivity index (χ2v) is 14.4. The molecule has 0 saturated carbocycles. The van der Waals surface area contributed by atoms with E-state index in [0.717, 1.165) is 27.6 Å². The number of amides is 2. The number of halogens is 1. The molecule has 53 heavy (non-hydrogen) atoms. The van der Waals surface area contributed by atoms with Gasteiger partial charge < -0.3 is 24.4 Å². The average molecular weight is 754 g/mol. The molecule has 5 aromatic rings. The van der Waals surface area contributed by atoms with Gasteiger partial charge in [-0.3, -0.25) is 14.9 Å². The number of para-hydroxylation sites is 2. The number of carboxylic acid groups (broad SMARTS) is 1. The lowest BCUT2D eigenvalue weighted by atomic mass is 9.94. The van der Waals surface area contributed by atoms with Gasteiger partial charge in [-0.25, -0.2) is 19.2 Å². The molecule has 0 radical (unpaired) electrons. The summed E-state index contributed by atoms with van der Waals surface area (Å²) < 4.78 is 21.6. The Morgan fingerprint density at radius 1 is 1.08 bits per heavy atom. The molecule has 0 saturated heterocycles. The summed E-state index contributed by atoms with van der Waals surface area (Å²) in [7, 11) is 1.61. The first-order valence-electron chi connectivity index (χ1n) is 17.0. The minimum Gasteiger partial charge on any atom is -0.489 e. The number of carbonyl (C=O) groups excluding carboxylic acids is 3. The zero-order valence-corrected chi connectivity index (χ0v) is 30.5. The Bertz CT molecular complexity index is 2190. The number of fused-ring (bicyclic) bond motifs is 2. The molecule has 272 valence electrons. The maximum Gasteiger partial charge on any atom is 0.355 e. The predicted octanol–water partition coefficient (Wildman–Crippen LogP) is 6.60. The largest absolute Gasteiger partial charge is 0.489 e. The lowest BCUT2D eigenvalue weighted by molar-refractivity contribution is -0.129. The van der Waals surface area contributed by atoms with E-state index in [4.69, 9.17) is 4.74 Å². The Morgan fingerprint density at radius 2 is 1.91 bits per heavy atom. The molecule has 0 bridgehead atoms. The fourth-order valence-corrected chi connectivity index (χ4v) is 7.87. The monoisotopic (exact) mass is 753 g/mol. The summed E-state index contributed by atoms with van der Waals surface area (Å²) in [6, 6.07) is 17.8. The van der Waals surface area contributed by atoms with Crippen LogP contribution in [0.4, 0.5) is 14.7 Å². The Balaban J connectivity index is 1.09. The zero-order valence-electron chi connectivity index (χ0n) is 28.9. The first-order chi connectivity index (χ1) is 25.7. The Kier molecular flexibility index (Phi) is 12.1.